The lowest BCUT2D eigenvalue weighted by Gasteiger charge is -2.42. The second-order valence-electron chi connectivity index (χ2n) is 10.1. The minimum Gasteiger partial charge on any atom is -0.540 e. The molecular formula is C28H38N4O4Si. The van der Waals surface area contributed by atoms with Crippen molar-refractivity contribution in [3.8, 4) is 34.7 Å². The second-order valence-corrected chi connectivity index (χ2v) is 15.5. The van der Waals surface area contributed by atoms with E-state index in [0.29, 0.717) is 45.6 Å². The van der Waals surface area contributed by atoms with Gasteiger partial charge in [-0.3, -0.25) is 0 Å². The molecule has 0 aliphatic heterocycles. The maximum atomic E-state index is 10.1. The summed E-state index contributed by atoms with van der Waals surface area (Å²) in [5.41, 5.74) is 3.46. The first kappa shape index (κ1) is 28.1. The quantitative estimate of drug-likeness (QED) is 0.262. The highest BCUT2D eigenvalue weighted by molar-refractivity contribution is 6.78. The number of methoxy groups -OCH3 is 2. The Kier molecular flexibility index (Phi) is 8.87. The minimum absolute atomic E-state index is 0.373. The van der Waals surface area contributed by atoms with Crippen LogP contribution in [-0.2, 0) is 0 Å². The molecule has 2 aromatic carbocycles. The normalized spacial score (nSPS) is 12.5. The van der Waals surface area contributed by atoms with Gasteiger partial charge in [-0.1, -0.05) is 46.7 Å². The Morgan fingerprint density at radius 3 is 1.97 bits per heavy atom. The molecule has 198 valence electrons. The lowest BCUT2D eigenvalue weighted by Crippen LogP contribution is -2.50. The van der Waals surface area contributed by atoms with E-state index >= 15 is 0 Å². The van der Waals surface area contributed by atoms with Gasteiger partial charge in [-0.05, 0) is 58.6 Å². The maximum absolute atomic E-state index is 10.1. The number of aryl methyl sites for hydroxylation is 1. The minimum atomic E-state index is -2.29. The lowest BCUT2D eigenvalue weighted by atomic mass is 10.1. The molecule has 0 aliphatic rings. The van der Waals surface area contributed by atoms with Crippen LogP contribution in [0.1, 0.15) is 59.0 Å². The van der Waals surface area contributed by atoms with E-state index in [0.717, 1.165) is 16.8 Å². The van der Waals surface area contributed by atoms with E-state index in [1.54, 1.807) is 21.1 Å². The lowest BCUT2D eigenvalue weighted by molar-refractivity contribution is 0.338. The maximum Gasteiger partial charge on any atom is 0.258 e. The van der Waals surface area contributed by atoms with Crippen LogP contribution in [-0.4, -0.2) is 32.7 Å². The summed E-state index contributed by atoms with van der Waals surface area (Å²) in [5.74, 6) is 2.72. The third kappa shape index (κ3) is 5.75. The zero-order valence-electron chi connectivity index (χ0n) is 23.2. The summed E-state index contributed by atoms with van der Waals surface area (Å²) >= 11 is 0. The first-order valence-electron chi connectivity index (χ1n) is 12.6. The van der Waals surface area contributed by atoms with Gasteiger partial charge in [0.15, 0.2) is 11.5 Å². The van der Waals surface area contributed by atoms with E-state index in [2.05, 4.69) is 63.1 Å². The van der Waals surface area contributed by atoms with Crippen LogP contribution in [0.3, 0.4) is 0 Å². The number of hydrogen-bond donors (Lipinski definition) is 1. The molecule has 1 aromatic heterocycles. The van der Waals surface area contributed by atoms with E-state index < -0.39 is 14.4 Å². The fourth-order valence-corrected chi connectivity index (χ4v) is 10.5. The van der Waals surface area contributed by atoms with Gasteiger partial charge in [0.1, 0.15) is 6.04 Å². The van der Waals surface area contributed by atoms with Crippen molar-refractivity contribution in [2.24, 2.45) is 0 Å². The second kappa shape index (κ2) is 11.7. The molecular weight excluding hydrogens is 484 g/mol. The van der Waals surface area contributed by atoms with E-state index in [9.17, 15) is 5.26 Å². The molecule has 9 heteroatoms. The van der Waals surface area contributed by atoms with Crippen molar-refractivity contribution in [2.45, 2.75) is 71.1 Å². The molecule has 1 atom stereocenters. The third-order valence-electron chi connectivity index (χ3n) is 6.91. The number of hydrogen-bond acceptors (Lipinski definition) is 8. The molecule has 37 heavy (non-hydrogen) atoms. The fraction of sp³-hybridized carbons (Fsp3) is 0.464. The van der Waals surface area contributed by atoms with Crippen LogP contribution in [0.5, 0.6) is 17.2 Å². The Hall–Kier alpha value is -3.51. The molecule has 0 bridgehead atoms. The van der Waals surface area contributed by atoms with Crippen LogP contribution in [0.4, 0.5) is 5.69 Å². The average molecular weight is 523 g/mol. The fourth-order valence-electron chi connectivity index (χ4n) is 5.23. The third-order valence-corrected chi connectivity index (χ3v) is 12.9. The Labute approximate surface area is 221 Å². The molecule has 3 rings (SSSR count). The van der Waals surface area contributed by atoms with Crippen LogP contribution >= 0.6 is 0 Å². The van der Waals surface area contributed by atoms with Crippen molar-refractivity contribution in [2.75, 3.05) is 19.5 Å². The number of ether oxygens (including phenoxy) is 2. The topological polar surface area (TPSA) is 102 Å². The van der Waals surface area contributed by atoms with Gasteiger partial charge >= 0.3 is 0 Å². The van der Waals surface area contributed by atoms with Gasteiger partial charge in [0.05, 0.1) is 20.3 Å². The van der Waals surface area contributed by atoms with E-state index in [-0.39, 0.29) is 0 Å². The van der Waals surface area contributed by atoms with Gasteiger partial charge in [-0.15, -0.1) is 0 Å². The Morgan fingerprint density at radius 2 is 1.51 bits per heavy atom. The number of nitriles is 1. The van der Waals surface area contributed by atoms with E-state index in [1.807, 2.05) is 36.4 Å². The Bertz CT molecular complexity index is 1210. The molecule has 8 nitrogen and oxygen atoms in total. The Balaban J connectivity index is 1.99. The number of nitrogens with one attached hydrogen (secondary N) is 1. The molecule has 0 fully saturated rings. The summed E-state index contributed by atoms with van der Waals surface area (Å²) in [6.07, 6.45) is 0. The van der Waals surface area contributed by atoms with Crippen molar-refractivity contribution < 1.29 is 18.4 Å². The van der Waals surface area contributed by atoms with Crippen LogP contribution in [0.15, 0.2) is 40.9 Å². The molecule has 1 unspecified atom stereocenters. The highest BCUT2D eigenvalue weighted by Gasteiger charge is 2.47. The number of benzene rings is 2. The van der Waals surface area contributed by atoms with E-state index in [1.165, 1.54) is 0 Å². The molecule has 0 radical (unpaired) electrons. The first-order valence-corrected chi connectivity index (χ1v) is 14.7. The highest BCUT2D eigenvalue weighted by atomic mass is 28.4. The zero-order valence-corrected chi connectivity index (χ0v) is 24.2. The van der Waals surface area contributed by atoms with Gasteiger partial charge in [-0.2, -0.15) is 10.2 Å². The summed E-state index contributed by atoms with van der Waals surface area (Å²) < 4.78 is 23.5. The summed E-state index contributed by atoms with van der Waals surface area (Å²) in [7, 11) is 0.917. The summed E-state index contributed by atoms with van der Waals surface area (Å²) in [6, 6.07) is 13.0. The molecule has 0 aliphatic carbocycles. The van der Waals surface area contributed by atoms with Crippen molar-refractivity contribution in [3.05, 3.63) is 47.9 Å². The molecule has 0 saturated heterocycles. The number of nitrogens with zero attached hydrogens (tertiary/aromatic N) is 3. The molecule has 0 saturated carbocycles. The van der Waals surface area contributed by atoms with Gasteiger partial charge < -0.3 is 23.7 Å². The zero-order chi connectivity index (χ0) is 27.3. The first-order chi connectivity index (χ1) is 17.6. The van der Waals surface area contributed by atoms with Gasteiger partial charge in [-0.25, -0.2) is 0 Å². The molecule has 3 aromatic rings. The predicted octanol–water partition coefficient (Wildman–Crippen LogP) is 7.29. The molecule has 1 N–H and O–H groups in total. The van der Waals surface area contributed by atoms with Crippen molar-refractivity contribution in [1.82, 2.24) is 10.1 Å². The number of anilines is 1. The summed E-state index contributed by atoms with van der Waals surface area (Å²) in [4.78, 5) is 4.26. The van der Waals surface area contributed by atoms with Crippen molar-refractivity contribution in [3.63, 3.8) is 0 Å². The van der Waals surface area contributed by atoms with Crippen LogP contribution < -0.4 is 19.2 Å². The van der Waals surface area contributed by atoms with E-state index in [4.69, 9.17) is 18.4 Å². The van der Waals surface area contributed by atoms with Crippen LogP contribution in [0.25, 0.3) is 11.4 Å². The summed E-state index contributed by atoms with van der Waals surface area (Å²) in [5, 5.41) is 17.4. The molecule has 0 spiro atoms. The van der Waals surface area contributed by atoms with Crippen LogP contribution in [0, 0.1) is 18.3 Å². The average Bonchev–Trinajstić information content (AvgIpc) is 3.30. The number of aromatic nitrogens is 2. The predicted molar refractivity (Wildman–Crippen MR) is 148 cm³/mol. The summed E-state index contributed by atoms with van der Waals surface area (Å²) in [6.45, 7) is 15.2. The Morgan fingerprint density at radius 1 is 0.919 bits per heavy atom. The SMILES string of the molecule is COc1cc(C(C#N)Nc2ccc(-c3noc(C)n3)cc2)cc(O[Si](C(C)C)(C(C)C)C(C)C)c1OC. The monoisotopic (exact) mass is 522 g/mol. The molecule has 0 amide bonds. The van der Waals surface area contributed by atoms with Crippen molar-refractivity contribution >= 4 is 14.0 Å². The van der Waals surface area contributed by atoms with Gasteiger partial charge in [0.25, 0.3) is 8.32 Å². The van der Waals surface area contributed by atoms with Gasteiger partial charge in [0.2, 0.25) is 17.5 Å². The standard InChI is InChI=1S/C28H38N4O4Si/c1-17(2)37(18(3)4,19(5)6)36-26-15-22(14-25(33-8)27(26)34-9)24(16-29)31-23-12-10-21(11-13-23)28-30-20(7)35-32-28/h10-15,17-19,24,31H,1-9H3. The molecule has 1 heterocycles. The largest absolute Gasteiger partial charge is 0.540 e. The highest BCUT2D eigenvalue weighted by Crippen LogP contribution is 2.48. The number of rotatable bonds is 11. The smallest absolute Gasteiger partial charge is 0.258 e. The van der Waals surface area contributed by atoms with Gasteiger partial charge in [0, 0.05) is 18.2 Å². The van der Waals surface area contributed by atoms with Crippen molar-refractivity contribution in [1.29, 1.82) is 5.26 Å². The van der Waals surface area contributed by atoms with Crippen LogP contribution in [0.2, 0.25) is 16.6 Å².